The fourth-order valence-corrected chi connectivity index (χ4v) is 6.66. The Bertz CT molecular complexity index is 1520. The second kappa shape index (κ2) is 12.3. The predicted molar refractivity (Wildman–Crippen MR) is 164 cm³/mol. The van der Waals surface area contributed by atoms with Crippen molar-refractivity contribution in [2.24, 2.45) is 0 Å². The Morgan fingerprint density at radius 2 is 1.16 bits per heavy atom. The highest BCUT2D eigenvalue weighted by Gasteiger charge is 2.47. The van der Waals surface area contributed by atoms with Gasteiger partial charge in [0.2, 0.25) is 11.8 Å². The van der Waals surface area contributed by atoms with Crippen LogP contribution >= 0.6 is 0 Å². The van der Waals surface area contributed by atoms with E-state index in [1.54, 1.807) is 29.2 Å². The maximum absolute atomic E-state index is 14.3. The number of carbonyl (C=O) groups excluding carboxylic acids is 2. The van der Waals surface area contributed by atoms with E-state index in [0.29, 0.717) is 38.9 Å². The molecule has 0 aromatic heterocycles. The van der Waals surface area contributed by atoms with Gasteiger partial charge in [-0.1, -0.05) is 90.5 Å². The number of piperidine rings is 2. The zero-order valence-corrected chi connectivity index (χ0v) is 24.0. The maximum atomic E-state index is 14.3. The SMILES string of the molecule is O=C(CN1CCCC(c2ccccc2)(c2ccccc2)C1=O)N1CCC(=C(c2ccc(F)cc2)c2ccc(F)cc2)CC1. The van der Waals surface area contributed by atoms with Gasteiger partial charge in [-0.15, -0.1) is 0 Å². The van der Waals surface area contributed by atoms with E-state index in [-0.39, 0.29) is 30.0 Å². The van der Waals surface area contributed by atoms with Crippen LogP contribution in [0.3, 0.4) is 0 Å². The molecular formula is C37H34F2N2O2. The Morgan fingerprint density at radius 3 is 1.65 bits per heavy atom. The number of halogens is 2. The molecule has 0 unspecified atom stereocenters. The van der Waals surface area contributed by atoms with Crippen LogP contribution in [0.15, 0.2) is 115 Å². The first-order valence-corrected chi connectivity index (χ1v) is 14.9. The zero-order chi connectivity index (χ0) is 29.8. The average Bonchev–Trinajstić information content (AvgIpc) is 3.05. The fraction of sp³-hybridized carbons (Fsp3) is 0.243. The van der Waals surface area contributed by atoms with E-state index in [2.05, 4.69) is 0 Å². The molecule has 6 heteroatoms. The summed E-state index contributed by atoms with van der Waals surface area (Å²) in [6.07, 6.45) is 2.77. The average molecular weight is 577 g/mol. The first-order chi connectivity index (χ1) is 21.0. The summed E-state index contributed by atoms with van der Waals surface area (Å²) in [7, 11) is 0. The van der Waals surface area contributed by atoms with Gasteiger partial charge in [0.25, 0.3) is 0 Å². The standard InChI is InChI=1S/C37H34F2N2O2/c38-32-16-12-27(13-17-32)35(28-14-18-33(39)19-15-28)29-20-24-40(25-21-29)34(42)26-41-23-7-22-37(36(41)43,30-8-3-1-4-9-30)31-10-5-2-6-11-31/h1-6,8-19H,7,20-26H2. The van der Waals surface area contributed by atoms with Crippen molar-refractivity contribution in [1.82, 2.24) is 9.80 Å². The molecule has 0 saturated carbocycles. The second-order valence-electron chi connectivity index (χ2n) is 11.3. The summed E-state index contributed by atoms with van der Waals surface area (Å²) in [5.41, 5.74) is 4.89. The molecule has 218 valence electrons. The molecule has 2 heterocycles. The van der Waals surface area contributed by atoms with Crippen molar-refractivity contribution >= 4 is 17.4 Å². The zero-order valence-electron chi connectivity index (χ0n) is 24.0. The minimum absolute atomic E-state index is 0.0306. The normalized spacial score (nSPS) is 16.7. The molecular weight excluding hydrogens is 542 g/mol. The molecule has 0 atom stereocenters. The van der Waals surface area contributed by atoms with Crippen LogP contribution in [-0.2, 0) is 15.0 Å². The number of hydrogen-bond acceptors (Lipinski definition) is 2. The van der Waals surface area contributed by atoms with Crippen LogP contribution < -0.4 is 0 Å². The molecule has 4 aromatic rings. The van der Waals surface area contributed by atoms with Crippen molar-refractivity contribution < 1.29 is 18.4 Å². The molecule has 2 aliphatic rings. The molecule has 2 fully saturated rings. The summed E-state index contributed by atoms with van der Waals surface area (Å²) in [6.45, 7) is 1.63. The van der Waals surface area contributed by atoms with Gasteiger partial charge >= 0.3 is 0 Å². The number of hydrogen-bond donors (Lipinski definition) is 0. The van der Waals surface area contributed by atoms with E-state index in [1.807, 2.05) is 65.6 Å². The van der Waals surface area contributed by atoms with Gasteiger partial charge in [0, 0.05) is 19.6 Å². The Kier molecular flexibility index (Phi) is 8.19. The monoisotopic (exact) mass is 576 g/mol. The molecule has 0 radical (unpaired) electrons. The van der Waals surface area contributed by atoms with Crippen LogP contribution in [0.1, 0.15) is 47.9 Å². The van der Waals surface area contributed by atoms with Crippen LogP contribution in [0.2, 0.25) is 0 Å². The maximum Gasteiger partial charge on any atom is 0.242 e. The third-order valence-corrected chi connectivity index (χ3v) is 8.83. The lowest BCUT2D eigenvalue weighted by Crippen LogP contribution is -2.55. The van der Waals surface area contributed by atoms with Gasteiger partial charge in [0.05, 0.1) is 12.0 Å². The van der Waals surface area contributed by atoms with Gasteiger partial charge in [-0.25, -0.2) is 8.78 Å². The highest BCUT2D eigenvalue weighted by molar-refractivity contribution is 5.95. The largest absolute Gasteiger partial charge is 0.341 e. The lowest BCUT2D eigenvalue weighted by molar-refractivity contribution is -0.145. The lowest BCUT2D eigenvalue weighted by atomic mass is 9.68. The van der Waals surface area contributed by atoms with Crippen LogP contribution in [0.25, 0.3) is 5.57 Å². The predicted octanol–water partition coefficient (Wildman–Crippen LogP) is 7.00. The number of rotatable bonds is 6. The number of amides is 2. The van der Waals surface area contributed by atoms with Crippen molar-refractivity contribution in [3.63, 3.8) is 0 Å². The second-order valence-corrected chi connectivity index (χ2v) is 11.3. The first kappa shape index (κ1) is 28.5. The Hall–Kier alpha value is -4.58. The van der Waals surface area contributed by atoms with Crippen LogP contribution in [0, 0.1) is 11.6 Å². The Labute approximate surface area is 251 Å². The number of carbonyl (C=O) groups is 2. The van der Waals surface area contributed by atoms with Gasteiger partial charge in [-0.3, -0.25) is 9.59 Å². The number of likely N-dealkylation sites (tertiary alicyclic amines) is 2. The van der Waals surface area contributed by atoms with Gasteiger partial charge < -0.3 is 9.80 Å². The fourth-order valence-electron chi connectivity index (χ4n) is 6.66. The summed E-state index contributed by atoms with van der Waals surface area (Å²) in [4.78, 5) is 31.5. The van der Waals surface area contributed by atoms with Crippen molar-refractivity contribution in [3.8, 4) is 0 Å². The van der Waals surface area contributed by atoms with E-state index in [0.717, 1.165) is 39.8 Å². The first-order valence-electron chi connectivity index (χ1n) is 14.9. The molecule has 4 nitrogen and oxygen atoms in total. The van der Waals surface area contributed by atoms with Crippen molar-refractivity contribution in [2.75, 3.05) is 26.2 Å². The molecule has 0 bridgehead atoms. The van der Waals surface area contributed by atoms with Gasteiger partial charge in [-0.05, 0) is 77.8 Å². The molecule has 2 amide bonds. The molecule has 6 rings (SSSR count). The summed E-state index contributed by atoms with van der Waals surface area (Å²) in [5.74, 6) is -0.724. The summed E-state index contributed by atoms with van der Waals surface area (Å²) in [5, 5.41) is 0. The Morgan fingerprint density at radius 1 is 0.674 bits per heavy atom. The van der Waals surface area contributed by atoms with E-state index in [9.17, 15) is 18.4 Å². The highest BCUT2D eigenvalue weighted by Crippen LogP contribution is 2.41. The van der Waals surface area contributed by atoms with Crippen molar-refractivity contribution in [3.05, 3.63) is 149 Å². The molecule has 2 aliphatic heterocycles. The minimum atomic E-state index is -0.821. The molecule has 0 N–H and O–H groups in total. The van der Waals surface area contributed by atoms with Gasteiger partial charge in [0.15, 0.2) is 0 Å². The van der Waals surface area contributed by atoms with E-state index in [1.165, 1.54) is 24.3 Å². The third kappa shape index (κ3) is 5.74. The molecule has 0 aliphatic carbocycles. The smallest absolute Gasteiger partial charge is 0.242 e. The van der Waals surface area contributed by atoms with Crippen LogP contribution in [-0.4, -0.2) is 47.8 Å². The Balaban J connectivity index is 1.21. The molecule has 43 heavy (non-hydrogen) atoms. The lowest BCUT2D eigenvalue weighted by Gasteiger charge is -2.43. The highest BCUT2D eigenvalue weighted by atomic mass is 19.1. The van der Waals surface area contributed by atoms with E-state index in [4.69, 9.17) is 0 Å². The topological polar surface area (TPSA) is 40.6 Å². The summed E-state index contributed by atoms with van der Waals surface area (Å²) < 4.78 is 27.4. The molecule has 0 spiro atoms. The van der Waals surface area contributed by atoms with Crippen LogP contribution in [0.5, 0.6) is 0 Å². The summed E-state index contributed by atoms with van der Waals surface area (Å²) >= 11 is 0. The van der Waals surface area contributed by atoms with Crippen molar-refractivity contribution in [1.29, 1.82) is 0 Å². The third-order valence-electron chi connectivity index (χ3n) is 8.83. The summed E-state index contributed by atoms with van der Waals surface area (Å²) in [6, 6.07) is 32.5. The minimum Gasteiger partial charge on any atom is -0.341 e. The van der Waals surface area contributed by atoms with E-state index >= 15 is 0 Å². The van der Waals surface area contributed by atoms with Gasteiger partial charge in [-0.2, -0.15) is 0 Å². The quantitative estimate of drug-likeness (QED) is 0.248. The van der Waals surface area contributed by atoms with E-state index < -0.39 is 5.41 Å². The molecule has 4 aromatic carbocycles. The van der Waals surface area contributed by atoms with Crippen LogP contribution in [0.4, 0.5) is 8.78 Å². The molecule has 2 saturated heterocycles. The van der Waals surface area contributed by atoms with Crippen molar-refractivity contribution in [2.45, 2.75) is 31.1 Å². The van der Waals surface area contributed by atoms with Gasteiger partial charge in [0.1, 0.15) is 11.6 Å². The number of nitrogens with zero attached hydrogens (tertiary/aromatic N) is 2. The number of benzene rings is 4.